The maximum Gasteiger partial charge on any atom is 0.251 e. The smallest absolute Gasteiger partial charge is 0.251 e. The van der Waals surface area contributed by atoms with E-state index in [0.29, 0.717) is 34.6 Å². The fourth-order valence-corrected chi connectivity index (χ4v) is 1.86. The SMILES string of the molecule is CCOc1c(Cl)cc(C(=O)NC(C)C(C)C)cc1OC. The summed E-state index contributed by atoms with van der Waals surface area (Å²) >= 11 is 6.15. The Morgan fingerprint density at radius 3 is 2.50 bits per heavy atom. The van der Waals surface area contributed by atoms with Gasteiger partial charge in [0, 0.05) is 11.6 Å². The lowest BCUT2D eigenvalue weighted by Gasteiger charge is -2.18. The molecule has 112 valence electrons. The number of benzene rings is 1. The van der Waals surface area contributed by atoms with E-state index in [-0.39, 0.29) is 11.9 Å². The second-order valence-electron chi connectivity index (χ2n) is 4.93. The van der Waals surface area contributed by atoms with Crippen LogP contribution in [-0.2, 0) is 0 Å². The van der Waals surface area contributed by atoms with E-state index in [2.05, 4.69) is 19.2 Å². The van der Waals surface area contributed by atoms with Gasteiger partial charge in [-0.05, 0) is 31.9 Å². The lowest BCUT2D eigenvalue weighted by molar-refractivity contribution is 0.0930. The van der Waals surface area contributed by atoms with Gasteiger partial charge in [-0.25, -0.2) is 0 Å². The number of carbonyl (C=O) groups is 1. The highest BCUT2D eigenvalue weighted by molar-refractivity contribution is 6.32. The van der Waals surface area contributed by atoms with Crippen LogP contribution in [0, 0.1) is 5.92 Å². The number of carbonyl (C=O) groups excluding carboxylic acids is 1. The molecule has 0 aliphatic heterocycles. The average molecular weight is 300 g/mol. The van der Waals surface area contributed by atoms with E-state index in [9.17, 15) is 4.79 Å². The molecule has 0 bridgehead atoms. The lowest BCUT2D eigenvalue weighted by atomic mass is 10.1. The molecule has 1 aromatic rings. The third-order valence-corrected chi connectivity index (χ3v) is 3.42. The molecule has 1 atom stereocenters. The molecular formula is C15H22ClNO3. The molecule has 20 heavy (non-hydrogen) atoms. The van der Waals surface area contributed by atoms with E-state index in [1.807, 2.05) is 13.8 Å². The van der Waals surface area contributed by atoms with Crippen LogP contribution in [0.3, 0.4) is 0 Å². The van der Waals surface area contributed by atoms with Crippen molar-refractivity contribution in [2.75, 3.05) is 13.7 Å². The minimum absolute atomic E-state index is 0.0823. The second-order valence-corrected chi connectivity index (χ2v) is 5.34. The van der Waals surface area contributed by atoms with Gasteiger partial charge >= 0.3 is 0 Å². The quantitative estimate of drug-likeness (QED) is 0.874. The summed E-state index contributed by atoms with van der Waals surface area (Å²) in [6.45, 7) is 8.41. The largest absolute Gasteiger partial charge is 0.493 e. The van der Waals surface area contributed by atoms with Crippen LogP contribution in [0.5, 0.6) is 11.5 Å². The van der Waals surface area contributed by atoms with Crippen LogP contribution >= 0.6 is 11.6 Å². The predicted octanol–water partition coefficient (Wildman–Crippen LogP) is 3.52. The van der Waals surface area contributed by atoms with E-state index in [1.54, 1.807) is 12.1 Å². The molecule has 0 spiro atoms. The number of amides is 1. The topological polar surface area (TPSA) is 47.6 Å². The van der Waals surface area contributed by atoms with Crippen molar-refractivity contribution in [1.29, 1.82) is 0 Å². The highest BCUT2D eigenvalue weighted by Crippen LogP contribution is 2.36. The third kappa shape index (κ3) is 4.04. The number of hydrogen-bond acceptors (Lipinski definition) is 3. The van der Waals surface area contributed by atoms with Crippen LogP contribution in [-0.4, -0.2) is 25.7 Å². The molecule has 0 saturated heterocycles. The maximum atomic E-state index is 12.2. The maximum absolute atomic E-state index is 12.2. The molecule has 0 aliphatic rings. The molecule has 1 unspecified atom stereocenters. The number of hydrogen-bond donors (Lipinski definition) is 1. The number of halogens is 1. The fourth-order valence-electron chi connectivity index (χ4n) is 1.59. The lowest BCUT2D eigenvalue weighted by Crippen LogP contribution is -2.36. The molecule has 0 aliphatic carbocycles. The second kappa shape index (κ2) is 7.39. The Bertz CT molecular complexity index is 474. The van der Waals surface area contributed by atoms with Crippen LogP contribution in [0.15, 0.2) is 12.1 Å². The van der Waals surface area contributed by atoms with E-state index >= 15 is 0 Å². The van der Waals surface area contributed by atoms with E-state index in [4.69, 9.17) is 21.1 Å². The minimum atomic E-state index is -0.172. The fraction of sp³-hybridized carbons (Fsp3) is 0.533. The molecule has 5 heteroatoms. The van der Waals surface area contributed by atoms with Crippen LogP contribution in [0.25, 0.3) is 0 Å². The molecule has 0 saturated carbocycles. The normalized spacial score (nSPS) is 12.2. The summed E-state index contributed by atoms with van der Waals surface area (Å²) in [5.41, 5.74) is 0.461. The first-order valence-electron chi connectivity index (χ1n) is 6.71. The average Bonchev–Trinajstić information content (AvgIpc) is 2.40. The Kier molecular flexibility index (Phi) is 6.14. The van der Waals surface area contributed by atoms with Crippen LogP contribution < -0.4 is 14.8 Å². The summed E-state index contributed by atoms with van der Waals surface area (Å²) in [6.07, 6.45) is 0. The van der Waals surface area contributed by atoms with Crippen molar-refractivity contribution in [3.63, 3.8) is 0 Å². The summed E-state index contributed by atoms with van der Waals surface area (Å²) < 4.78 is 10.7. The molecule has 1 amide bonds. The summed E-state index contributed by atoms with van der Waals surface area (Å²) in [6, 6.07) is 3.32. The molecule has 1 N–H and O–H groups in total. The summed E-state index contributed by atoms with van der Waals surface area (Å²) in [4.78, 5) is 12.2. The van der Waals surface area contributed by atoms with Crippen molar-refractivity contribution in [1.82, 2.24) is 5.32 Å². The van der Waals surface area contributed by atoms with Crippen molar-refractivity contribution < 1.29 is 14.3 Å². The Morgan fingerprint density at radius 2 is 2.00 bits per heavy atom. The first-order valence-corrected chi connectivity index (χ1v) is 7.09. The van der Waals surface area contributed by atoms with Gasteiger partial charge in [0.25, 0.3) is 5.91 Å². The van der Waals surface area contributed by atoms with Gasteiger partial charge in [-0.15, -0.1) is 0 Å². The van der Waals surface area contributed by atoms with Crippen LogP contribution in [0.4, 0.5) is 0 Å². The molecule has 4 nitrogen and oxygen atoms in total. The predicted molar refractivity (Wildman–Crippen MR) is 80.9 cm³/mol. The van der Waals surface area contributed by atoms with Crippen LogP contribution in [0.1, 0.15) is 38.1 Å². The van der Waals surface area contributed by atoms with E-state index in [0.717, 1.165) is 0 Å². The van der Waals surface area contributed by atoms with Crippen molar-refractivity contribution in [3.05, 3.63) is 22.7 Å². The number of rotatable bonds is 6. The molecular weight excluding hydrogens is 278 g/mol. The molecule has 0 heterocycles. The van der Waals surface area contributed by atoms with Crippen molar-refractivity contribution >= 4 is 17.5 Å². The Labute approximate surface area is 125 Å². The van der Waals surface area contributed by atoms with Gasteiger partial charge in [-0.1, -0.05) is 25.4 Å². The molecule has 1 aromatic carbocycles. The summed E-state index contributed by atoms with van der Waals surface area (Å²) in [5.74, 6) is 1.11. The molecule has 0 fully saturated rings. The van der Waals surface area contributed by atoms with Gasteiger partial charge in [-0.3, -0.25) is 4.79 Å². The van der Waals surface area contributed by atoms with Crippen LogP contribution in [0.2, 0.25) is 5.02 Å². The number of methoxy groups -OCH3 is 1. The Morgan fingerprint density at radius 1 is 1.35 bits per heavy atom. The first kappa shape index (κ1) is 16.6. The molecule has 0 radical (unpaired) electrons. The monoisotopic (exact) mass is 299 g/mol. The van der Waals surface area contributed by atoms with Crippen molar-refractivity contribution in [2.45, 2.75) is 33.7 Å². The number of ether oxygens (including phenoxy) is 2. The standard InChI is InChI=1S/C15H22ClNO3/c1-6-20-14-12(16)7-11(8-13(14)19-5)15(18)17-10(4)9(2)3/h7-10H,6H2,1-5H3,(H,17,18). The van der Waals surface area contributed by atoms with Crippen molar-refractivity contribution in [3.8, 4) is 11.5 Å². The van der Waals surface area contributed by atoms with E-state index in [1.165, 1.54) is 7.11 Å². The highest BCUT2D eigenvalue weighted by atomic mass is 35.5. The molecule has 1 rings (SSSR count). The number of nitrogens with one attached hydrogen (secondary N) is 1. The zero-order chi connectivity index (χ0) is 15.3. The summed E-state index contributed by atoms with van der Waals surface area (Å²) in [7, 11) is 1.52. The zero-order valence-electron chi connectivity index (χ0n) is 12.6. The van der Waals surface area contributed by atoms with Gasteiger partial charge in [-0.2, -0.15) is 0 Å². The van der Waals surface area contributed by atoms with Gasteiger partial charge in [0.1, 0.15) is 0 Å². The first-order chi connectivity index (χ1) is 9.40. The van der Waals surface area contributed by atoms with Gasteiger partial charge in [0.15, 0.2) is 11.5 Å². The Balaban J connectivity index is 3.02. The zero-order valence-corrected chi connectivity index (χ0v) is 13.4. The van der Waals surface area contributed by atoms with E-state index < -0.39 is 0 Å². The van der Waals surface area contributed by atoms with Gasteiger partial charge < -0.3 is 14.8 Å². The summed E-state index contributed by atoms with van der Waals surface area (Å²) in [5, 5.41) is 3.30. The minimum Gasteiger partial charge on any atom is -0.493 e. The third-order valence-electron chi connectivity index (χ3n) is 3.14. The van der Waals surface area contributed by atoms with Gasteiger partial charge in [0.2, 0.25) is 0 Å². The highest BCUT2D eigenvalue weighted by Gasteiger charge is 2.17. The van der Waals surface area contributed by atoms with Crippen molar-refractivity contribution in [2.24, 2.45) is 5.92 Å². The van der Waals surface area contributed by atoms with Gasteiger partial charge in [0.05, 0.1) is 18.7 Å². The molecule has 0 aromatic heterocycles. The Hall–Kier alpha value is -1.42.